The summed E-state index contributed by atoms with van der Waals surface area (Å²) in [5, 5.41) is 6.92. The smallest absolute Gasteiger partial charge is 0.408 e. The molecule has 0 fully saturated rings. The number of aromatic nitrogens is 3. The van der Waals surface area contributed by atoms with Crippen molar-refractivity contribution < 1.29 is 37.4 Å². The number of methoxy groups -OCH3 is 1. The first-order valence-corrected chi connectivity index (χ1v) is 24.4. The molecular weight excluding hydrogens is 921 g/mol. The number of hydrogen-bond donors (Lipinski definition) is 2. The Hall–Kier alpha value is -8.75. The highest BCUT2D eigenvalue weighted by atomic mass is 16.5. The van der Waals surface area contributed by atoms with Crippen LogP contribution in [0.15, 0.2) is 167 Å². The van der Waals surface area contributed by atoms with Crippen molar-refractivity contribution in [2.75, 3.05) is 12.0 Å². The van der Waals surface area contributed by atoms with Crippen LogP contribution in [0, 0.1) is 5.92 Å². The third-order valence-electron chi connectivity index (χ3n) is 14.1. The fourth-order valence-corrected chi connectivity index (χ4v) is 10.7. The van der Waals surface area contributed by atoms with Crippen molar-refractivity contribution in [3.8, 4) is 39.8 Å². The van der Waals surface area contributed by atoms with Crippen LogP contribution in [0.4, 0.5) is 10.5 Å². The zero-order chi connectivity index (χ0) is 49.8. The Morgan fingerprint density at radius 1 is 0.808 bits per heavy atom. The highest BCUT2D eigenvalue weighted by Crippen LogP contribution is 2.59. The van der Waals surface area contributed by atoms with E-state index in [2.05, 4.69) is 22.8 Å². The van der Waals surface area contributed by atoms with Crippen LogP contribution in [0.25, 0.3) is 44.9 Å². The maximum absolute atomic E-state index is 17.0. The number of carbonyl (C=O) groups is 3. The molecule has 3 aromatic heterocycles. The molecule has 3 atom stereocenters. The largest absolute Gasteiger partial charge is 0.489 e. The van der Waals surface area contributed by atoms with E-state index in [9.17, 15) is 9.59 Å². The summed E-state index contributed by atoms with van der Waals surface area (Å²) in [5.41, 5.74) is 6.57. The number of amides is 3. The Labute approximate surface area is 420 Å². The summed E-state index contributed by atoms with van der Waals surface area (Å²) in [7, 11) is 1.65. The summed E-state index contributed by atoms with van der Waals surface area (Å²) in [4.78, 5) is 57.5. The molecule has 1 spiro atoms. The Kier molecular flexibility index (Phi) is 11.5. The molecule has 9 aromatic rings. The summed E-state index contributed by atoms with van der Waals surface area (Å²) in [6.07, 6.45) is 2.90. The summed E-state index contributed by atoms with van der Waals surface area (Å²) in [5.74, 6) is 0.0665. The van der Waals surface area contributed by atoms with Crippen LogP contribution in [-0.4, -0.2) is 45.6 Å². The number of carbonyl (C=O) groups excluding carboxylic acids is 3. The van der Waals surface area contributed by atoms with Gasteiger partial charge < -0.3 is 43.1 Å². The lowest BCUT2D eigenvalue weighted by molar-refractivity contribution is -0.124. The minimum atomic E-state index is -1.84. The average Bonchev–Trinajstić information content (AvgIpc) is 4.23. The van der Waals surface area contributed by atoms with E-state index in [0.717, 1.165) is 44.3 Å². The van der Waals surface area contributed by atoms with E-state index in [0.29, 0.717) is 33.9 Å². The quantitative estimate of drug-likeness (QED) is 0.128. The Balaban J connectivity index is 1.15. The van der Waals surface area contributed by atoms with E-state index in [-0.39, 0.29) is 68.0 Å². The molecule has 0 radical (unpaired) electrons. The number of benzene rings is 6. The van der Waals surface area contributed by atoms with Crippen LogP contribution in [0.5, 0.6) is 5.75 Å². The van der Waals surface area contributed by atoms with Gasteiger partial charge in [0.15, 0.2) is 22.6 Å². The maximum atomic E-state index is 17.0. The summed E-state index contributed by atoms with van der Waals surface area (Å²) in [6.45, 7) is 4.49. The van der Waals surface area contributed by atoms with Crippen LogP contribution in [-0.2, 0) is 57.4 Å². The fourth-order valence-electron chi connectivity index (χ4n) is 10.7. The predicted molar refractivity (Wildman–Crippen MR) is 273 cm³/mol. The van der Waals surface area contributed by atoms with E-state index in [4.69, 9.17) is 33.0 Å². The van der Waals surface area contributed by atoms with Gasteiger partial charge in [0.1, 0.15) is 37.8 Å². The molecule has 3 amide bonds. The molecule has 0 aliphatic carbocycles. The molecule has 14 nitrogen and oxygen atoms in total. The maximum Gasteiger partial charge on any atom is 0.408 e. The van der Waals surface area contributed by atoms with Gasteiger partial charge in [0.05, 0.1) is 23.9 Å². The van der Waals surface area contributed by atoms with Crippen molar-refractivity contribution in [1.82, 2.24) is 25.2 Å². The van der Waals surface area contributed by atoms with Gasteiger partial charge in [-0.2, -0.15) is 0 Å². The molecule has 6 heterocycles. The van der Waals surface area contributed by atoms with Crippen LogP contribution < -0.4 is 20.3 Å². The zero-order valence-electron chi connectivity index (χ0n) is 40.3. The molecular formula is C59H50N6O8. The van der Waals surface area contributed by atoms with Gasteiger partial charge >= 0.3 is 6.09 Å². The highest BCUT2D eigenvalue weighted by Gasteiger charge is 2.60. The number of nitrogens with zero attached hydrogens (tertiary/aromatic N) is 4. The summed E-state index contributed by atoms with van der Waals surface area (Å²) in [6, 6.07) is 44.7. The highest BCUT2D eigenvalue weighted by molar-refractivity contribution is 6.18. The number of ether oxygens (including phenoxy) is 3. The predicted octanol–water partition coefficient (Wildman–Crippen LogP) is 10.7. The van der Waals surface area contributed by atoms with Gasteiger partial charge in [-0.1, -0.05) is 147 Å². The Morgan fingerprint density at radius 3 is 2.26 bits per heavy atom. The number of anilines is 1. The van der Waals surface area contributed by atoms with Crippen molar-refractivity contribution in [3.05, 3.63) is 203 Å². The first kappa shape index (κ1) is 45.4. The van der Waals surface area contributed by atoms with Gasteiger partial charge in [-0.05, 0) is 45.9 Å². The van der Waals surface area contributed by atoms with Gasteiger partial charge in [0, 0.05) is 47.4 Å². The minimum absolute atomic E-state index is 0.00236. The monoisotopic (exact) mass is 970 g/mol. The third-order valence-corrected chi connectivity index (χ3v) is 14.1. The second kappa shape index (κ2) is 18.5. The lowest BCUT2D eigenvalue weighted by Crippen LogP contribution is -2.49. The van der Waals surface area contributed by atoms with Crippen LogP contribution in [0.1, 0.15) is 64.9 Å². The molecule has 3 aliphatic heterocycles. The molecule has 12 rings (SSSR count). The SMILES string of the molecule is COCn1cc2c3c(cccc31)-c1cccc3c1N(Cc1ccccc1)C(=O)C31c3cc(ccc3OCc3ccccc3)CC(NC(=O)OCc3ccccc3)C(=O)NC(C(C)C)c3nc(c1o3)-c1ncc-2o1. The third kappa shape index (κ3) is 7.81. The molecule has 10 bridgehead atoms. The number of fused-ring (bicyclic) bond motifs is 8. The van der Waals surface area contributed by atoms with E-state index in [1.54, 1.807) is 13.3 Å². The average molecular weight is 971 g/mol. The van der Waals surface area contributed by atoms with Crippen LogP contribution >= 0.6 is 0 Å². The number of hydrogen-bond acceptors (Lipinski definition) is 10. The fraction of sp³-hybridized carbons (Fsp3) is 0.203. The van der Waals surface area contributed by atoms with Crippen molar-refractivity contribution in [2.24, 2.45) is 5.92 Å². The lowest BCUT2D eigenvalue weighted by Gasteiger charge is -2.31. The van der Waals surface area contributed by atoms with Crippen molar-refractivity contribution in [1.29, 1.82) is 0 Å². The first-order chi connectivity index (χ1) is 35.7. The van der Waals surface area contributed by atoms with E-state index < -0.39 is 29.5 Å². The van der Waals surface area contributed by atoms with Crippen molar-refractivity contribution in [2.45, 2.75) is 64.3 Å². The van der Waals surface area contributed by atoms with Crippen LogP contribution in [0.2, 0.25) is 0 Å². The number of para-hydroxylation sites is 1. The standard InChI is InChI=1S/C59H50N6O8/c1-35(2)50-56-63-51-53(73-56)59(44-27-39(25-26-47(44)70-32-37-17-9-5-10-18-37)28-45(54(66)62-50)61-58(68)71-33-38-19-11-6-12-20-38)43-23-13-22-41(52(43)65(57(59)67)30-36-15-7-4-8-16-36)40-21-14-24-46-49(40)42(31-64(46)34-69-3)48-29-60-55(51)72-48/h4-27,29,31,35,45,50H,28,30,32-34H2,1-3H3,(H,61,68)(H,62,66). The minimum Gasteiger partial charge on any atom is -0.489 e. The van der Waals surface area contributed by atoms with Crippen molar-refractivity contribution >= 4 is 34.5 Å². The van der Waals surface area contributed by atoms with Gasteiger partial charge in [-0.15, -0.1) is 0 Å². The molecule has 3 aliphatic rings. The molecule has 0 saturated carbocycles. The molecule has 2 N–H and O–H groups in total. The van der Waals surface area contributed by atoms with Gasteiger partial charge in [0.2, 0.25) is 17.7 Å². The van der Waals surface area contributed by atoms with E-state index in [1.807, 2.05) is 163 Å². The van der Waals surface area contributed by atoms with Gasteiger partial charge in [-0.3, -0.25) is 9.59 Å². The summed E-state index contributed by atoms with van der Waals surface area (Å²) < 4.78 is 34.4. The molecule has 14 heteroatoms. The zero-order valence-corrected chi connectivity index (χ0v) is 40.3. The topological polar surface area (TPSA) is 163 Å². The number of rotatable bonds is 11. The Bertz CT molecular complexity index is 3570. The molecule has 364 valence electrons. The van der Waals surface area contributed by atoms with E-state index in [1.165, 1.54) is 0 Å². The molecule has 73 heavy (non-hydrogen) atoms. The number of nitrogens with one attached hydrogen (secondary N) is 2. The molecule has 3 unspecified atom stereocenters. The number of oxazole rings is 2. The lowest BCUT2D eigenvalue weighted by atomic mass is 9.71. The van der Waals surface area contributed by atoms with E-state index >= 15 is 4.79 Å². The normalized spacial score (nSPS) is 17.6. The second-order valence-corrected chi connectivity index (χ2v) is 19.0. The molecule has 0 saturated heterocycles. The van der Waals surface area contributed by atoms with Gasteiger partial charge in [0.25, 0.3) is 5.91 Å². The number of alkyl carbamates (subject to hydrolysis) is 1. The molecule has 6 aromatic carbocycles. The van der Waals surface area contributed by atoms with Crippen molar-refractivity contribution in [3.63, 3.8) is 0 Å². The summed E-state index contributed by atoms with van der Waals surface area (Å²) >= 11 is 0. The Morgan fingerprint density at radius 2 is 1.52 bits per heavy atom. The van der Waals surface area contributed by atoms with Crippen LogP contribution in [0.3, 0.4) is 0 Å². The van der Waals surface area contributed by atoms with Gasteiger partial charge in [-0.25, -0.2) is 14.8 Å². The first-order valence-electron chi connectivity index (χ1n) is 24.4. The second-order valence-electron chi connectivity index (χ2n) is 19.0.